The molecule has 0 atom stereocenters. The second-order valence-corrected chi connectivity index (χ2v) is 2.38. The van der Waals surface area contributed by atoms with Crippen LogP contribution in [-0.4, -0.2) is 10.9 Å². The lowest BCUT2D eigenvalue weighted by atomic mass is 10.3. The lowest BCUT2D eigenvalue weighted by Gasteiger charge is -1.99. The van der Waals surface area contributed by atoms with Gasteiger partial charge in [0.25, 0.3) is 5.69 Å². The maximum absolute atomic E-state index is 10.7. The van der Waals surface area contributed by atoms with Gasteiger partial charge >= 0.3 is 5.97 Å². The molecular weight excluding hydrogens is 222 g/mol. The maximum Gasteiger partial charge on any atom is 0.335 e. The first-order valence-corrected chi connectivity index (χ1v) is 3.72. The van der Waals surface area contributed by atoms with Gasteiger partial charge in [0.1, 0.15) is 5.75 Å². The molecule has 1 aromatic rings. The molecule has 0 aliphatic carbocycles. The van der Waals surface area contributed by atoms with Crippen LogP contribution in [0.15, 0.2) is 36.9 Å². The average molecular weight is 230 g/mol. The van der Waals surface area contributed by atoms with E-state index < -0.39 is 10.9 Å². The van der Waals surface area contributed by atoms with Gasteiger partial charge in [-0.05, 0) is 12.1 Å². The number of nitrogens with zero attached hydrogens (tertiary/aromatic N) is 1. The van der Waals surface area contributed by atoms with E-state index in [1.807, 2.05) is 0 Å². The number of rotatable bonds is 3. The first-order valence-electron chi connectivity index (χ1n) is 3.72. The Kier molecular flexibility index (Phi) is 5.04. The zero-order valence-corrected chi connectivity index (χ0v) is 8.40. The molecule has 15 heavy (non-hydrogen) atoms. The van der Waals surface area contributed by atoms with Crippen molar-refractivity contribution in [1.82, 2.24) is 0 Å². The highest BCUT2D eigenvalue weighted by Gasteiger charge is 2.05. The van der Waals surface area contributed by atoms with Gasteiger partial charge in [0.05, 0.1) is 4.92 Å². The van der Waals surface area contributed by atoms with Crippen molar-refractivity contribution >= 4 is 24.1 Å². The van der Waals surface area contributed by atoms with Crippen LogP contribution < -0.4 is 4.74 Å². The van der Waals surface area contributed by atoms with E-state index >= 15 is 0 Å². The second kappa shape index (κ2) is 5.77. The highest BCUT2D eigenvalue weighted by atomic mass is 35.5. The maximum atomic E-state index is 10.7. The molecule has 1 rings (SSSR count). The number of nitro benzene ring substituents is 1. The summed E-state index contributed by atoms with van der Waals surface area (Å²) in [6.07, 6.45) is 1.02. The fraction of sp³-hybridized carbons (Fsp3) is 0. The van der Waals surface area contributed by atoms with Gasteiger partial charge in [-0.1, -0.05) is 6.58 Å². The topological polar surface area (TPSA) is 69.4 Å². The van der Waals surface area contributed by atoms with Crippen LogP contribution in [-0.2, 0) is 4.79 Å². The van der Waals surface area contributed by atoms with Crippen LogP contribution in [0.25, 0.3) is 0 Å². The third kappa shape index (κ3) is 3.78. The minimum atomic E-state index is -0.598. The normalized spacial score (nSPS) is 8.53. The molecule has 0 fully saturated rings. The molecule has 80 valence electrons. The van der Waals surface area contributed by atoms with Gasteiger partial charge in [0, 0.05) is 18.2 Å². The molecular formula is C9H8ClNO4. The predicted molar refractivity (Wildman–Crippen MR) is 56.2 cm³/mol. The quantitative estimate of drug-likeness (QED) is 0.262. The van der Waals surface area contributed by atoms with E-state index in [9.17, 15) is 14.9 Å². The summed E-state index contributed by atoms with van der Waals surface area (Å²) in [5, 5.41) is 10.3. The molecule has 0 aliphatic rings. The number of ether oxygens (including phenoxy) is 1. The van der Waals surface area contributed by atoms with Crippen molar-refractivity contribution in [2.24, 2.45) is 0 Å². The molecule has 1 aromatic carbocycles. The van der Waals surface area contributed by atoms with E-state index in [0.717, 1.165) is 6.08 Å². The minimum Gasteiger partial charge on any atom is -0.423 e. The van der Waals surface area contributed by atoms with Gasteiger partial charge in [-0.15, -0.1) is 12.4 Å². The highest BCUT2D eigenvalue weighted by Crippen LogP contribution is 2.17. The summed E-state index contributed by atoms with van der Waals surface area (Å²) >= 11 is 0. The van der Waals surface area contributed by atoms with Gasteiger partial charge in [-0.25, -0.2) is 4.79 Å². The molecule has 0 saturated carbocycles. The van der Waals surface area contributed by atoms with Crippen molar-refractivity contribution in [3.8, 4) is 5.75 Å². The summed E-state index contributed by atoms with van der Waals surface area (Å²) < 4.78 is 4.72. The molecule has 0 unspecified atom stereocenters. The molecule has 0 aromatic heterocycles. The van der Waals surface area contributed by atoms with Crippen molar-refractivity contribution in [2.45, 2.75) is 0 Å². The highest BCUT2D eigenvalue weighted by molar-refractivity contribution is 5.85. The van der Waals surface area contributed by atoms with E-state index in [-0.39, 0.29) is 23.8 Å². The second-order valence-electron chi connectivity index (χ2n) is 2.38. The average Bonchev–Trinajstić information content (AvgIpc) is 2.18. The molecule has 0 radical (unpaired) electrons. The molecule has 6 heteroatoms. The van der Waals surface area contributed by atoms with Gasteiger partial charge in [0.15, 0.2) is 0 Å². The number of esters is 1. The number of halogens is 1. The Morgan fingerprint density at radius 2 is 1.93 bits per heavy atom. The first kappa shape index (κ1) is 13.1. The molecule has 0 heterocycles. The Balaban J connectivity index is 0.00000196. The molecule has 0 N–H and O–H groups in total. The molecule has 0 bridgehead atoms. The summed E-state index contributed by atoms with van der Waals surface area (Å²) in [5.41, 5.74) is -0.0524. The van der Waals surface area contributed by atoms with Crippen LogP contribution in [0.5, 0.6) is 5.75 Å². The standard InChI is InChI=1S/C9H7NO4.ClH/c1-2-9(11)14-8-5-3-7(4-6-8)10(12)13;/h2-6H,1H2;1H. The van der Waals surface area contributed by atoms with Gasteiger partial charge < -0.3 is 4.74 Å². The Hall–Kier alpha value is -1.88. The van der Waals surface area contributed by atoms with E-state index in [4.69, 9.17) is 4.74 Å². The fourth-order valence-corrected chi connectivity index (χ4v) is 0.794. The van der Waals surface area contributed by atoms with E-state index in [1.165, 1.54) is 24.3 Å². The van der Waals surface area contributed by atoms with E-state index in [2.05, 4.69) is 6.58 Å². The number of nitro groups is 1. The van der Waals surface area contributed by atoms with Crippen LogP contribution in [0.4, 0.5) is 5.69 Å². The number of benzene rings is 1. The lowest BCUT2D eigenvalue weighted by Crippen LogP contribution is -2.02. The van der Waals surface area contributed by atoms with E-state index in [1.54, 1.807) is 0 Å². The number of non-ortho nitro benzene ring substituents is 1. The molecule has 0 aliphatic heterocycles. The van der Waals surface area contributed by atoms with Gasteiger partial charge in [-0.2, -0.15) is 0 Å². The molecule has 5 nitrogen and oxygen atoms in total. The first-order chi connectivity index (χ1) is 6.63. The molecule has 0 spiro atoms. The summed E-state index contributed by atoms with van der Waals surface area (Å²) in [7, 11) is 0. The van der Waals surface area contributed by atoms with Crippen molar-refractivity contribution in [1.29, 1.82) is 0 Å². The van der Waals surface area contributed by atoms with Gasteiger partial charge in [0.2, 0.25) is 0 Å². The Bertz CT molecular complexity index is 374. The van der Waals surface area contributed by atoms with Crippen LogP contribution in [0, 0.1) is 10.1 Å². The zero-order valence-electron chi connectivity index (χ0n) is 7.58. The summed E-state index contributed by atoms with van der Waals surface area (Å²) in [6.45, 7) is 3.22. The number of carbonyl (C=O) groups excluding carboxylic acids is 1. The smallest absolute Gasteiger partial charge is 0.335 e. The SMILES string of the molecule is C=CC(=O)Oc1ccc([N+](=O)[O-])cc1.Cl. The lowest BCUT2D eigenvalue weighted by molar-refractivity contribution is -0.384. The number of hydrogen-bond donors (Lipinski definition) is 0. The fourth-order valence-electron chi connectivity index (χ4n) is 0.794. The van der Waals surface area contributed by atoms with E-state index in [0.29, 0.717) is 0 Å². The monoisotopic (exact) mass is 229 g/mol. The Morgan fingerprint density at radius 3 is 2.33 bits per heavy atom. The largest absolute Gasteiger partial charge is 0.423 e. The minimum absolute atomic E-state index is 0. The number of carbonyl (C=O) groups is 1. The third-order valence-electron chi connectivity index (χ3n) is 1.43. The summed E-state index contributed by atoms with van der Waals surface area (Å²) in [6, 6.07) is 5.20. The van der Waals surface area contributed by atoms with Gasteiger partial charge in [-0.3, -0.25) is 10.1 Å². The molecule has 0 saturated heterocycles. The van der Waals surface area contributed by atoms with Crippen molar-refractivity contribution < 1.29 is 14.5 Å². The molecule has 0 amide bonds. The van der Waals surface area contributed by atoms with Crippen LogP contribution in [0.2, 0.25) is 0 Å². The van der Waals surface area contributed by atoms with Crippen molar-refractivity contribution in [3.63, 3.8) is 0 Å². The Morgan fingerprint density at radius 1 is 1.40 bits per heavy atom. The van der Waals surface area contributed by atoms with Crippen LogP contribution in [0.1, 0.15) is 0 Å². The Labute approximate surface area is 91.9 Å². The van der Waals surface area contributed by atoms with Crippen molar-refractivity contribution in [3.05, 3.63) is 47.0 Å². The van der Waals surface area contributed by atoms with Crippen molar-refractivity contribution in [2.75, 3.05) is 0 Å². The zero-order chi connectivity index (χ0) is 10.6. The summed E-state index contributed by atoms with van der Waals surface area (Å²) in [5.74, 6) is -0.348. The predicted octanol–water partition coefficient (Wildman–Crippen LogP) is 2.11. The summed E-state index contributed by atoms with van der Waals surface area (Å²) in [4.78, 5) is 20.5. The van der Waals surface area contributed by atoms with Crippen LogP contribution >= 0.6 is 12.4 Å². The van der Waals surface area contributed by atoms with Crippen LogP contribution in [0.3, 0.4) is 0 Å². The third-order valence-corrected chi connectivity index (χ3v) is 1.43. The number of hydrogen-bond acceptors (Lipinski definition) is 4.